The quantitative estimate of drug-likeness (QED) is 0.181. The Morgan fingerprint density at radius 3 is 2.54 bits per heavy atom. The van der Waals surface area contributed by atoms with Gasteiger partial charge in [0.1, 0.15) is 18.3 Å². The van der Waals surface area contributed by atoms with Crippen molar-refractivity contribution in [3.63, 3.8) is 0 Å². The lowest BCUT2D eigenvalue weighted by molar-refractivity contribution is -0.289. The maximum absolute atomic E-state index is 11.5. The molecule has 0 spiro atoms. The first-order valence-electron chi connectivity index (χ1n) is 8.62. The van der Waals surface area contributed by atoms with Crippen molar-refractivity contribution in [1.82, 2.24) is 5.32 Å². The molecule has 12 heteroatoms. The molecule has 162 valence electrons. The molecular formula is C16H28NO10P. The Morgan fingerprint density at radius 2 is 2.07 bits per heavy atom. The minimum Gasteiger partial charge on any atom is -0.434 e. The molecule has 1 fully saturated rings. The first-order valence-corrected chi connectivity index (χ1v) is 9.44. The van der Waals surface area contributed by atoms with Crippen molar-refractivity contribution in [2.45, 2.75) is 63.0 Å². The summed E-state index contributed by atoms with van der Waals surface area (Å²) in [4.78, 5) is 33.3. The number of aliphatic hydroxyl groups excluding tert-OH is 2. The molecule has 5 unspecified atom stereocenters. The number of methoxy groups -OCH3 is 1. The van der Waals surface area contributed by atoms with E-state index < -0.39 is 55.7 Å². The highest BCUT2D eigenvalue weighted by Crippen LogP contribution is 2.26. The fraction of sp³-hybridized carbons (Fsp3) is 0.812. The second kappa shape index (κ2) is 12.4. The van der Waals surface area contributed by atoms with Crippen molar-refractivity contribution in [1.29, 1.82) is 0 Å². The van der Waals surface area contributed by atoms with E-state index in [0.29, 0.717) is 6.29 Å². The predicted octanol–water partition coefficient (Wildman–Crippen LogP) is -2.05. The van der Waals surface area contributed by atoms with Gasteiger partial charge in [0.15, 0.2) is 18.7 Å². The summed E-state index contributed by atoms with van der Waals surface area (Å²) in [5, 5.41) is 22.6. The van der Waals surface area contributed by atoms with E-state index in [9.17, 15) is 24.6 Å². The Hall–Kier alpha value is -1.20. The van der Waals surface area contributed by atoms with Crippen LogP contribution >= 0.6 is 9.24 Å². The molecule has 1 aliphatic heterocycles. The molecule has 0 aromatic rings. The van der Waals surface area contributed by atoms with Crippen LogP contribution in [0.2, 0.25) is 0 Å². The molecule has 11 nitrogen and oxygen atoms in total. The van der Waals surface area contributed by atoms with Crippen molar-refractivity contribution in [2.24, 2.45) is 0 Å². The topological polar surface area (TPSA) is 150 Å². The van der Waals surface area contributed by atoms with Crippen molar-refractivity contribution in [2.75, 3.05) is 19.9 Å². The molecule has 0 radical (unpaired) electrons. The Labute approximate surface area is 165 Å². The van der Waals surface area contributed by atoms with Crippen molar-refractivity contribution >= 4 is 27.9 Å². The average Bonchev–Trinajstić information content (AvgIpc) is 2.66. The second-order valence-corrected chi connectivity index (χ2v) is 6.59. The summed E-state index contributed by atoms with van der Waals surface area (Å²) in [5.74, 6) is -0.366. The summed E-state index contributed by atoms with van der Waals surface area (Å²) in [6.07, 6.45) is -6.87. The van der Waals surface area contributed by atoms with Crippen molar-refractivity contribution in [3.05, 3.63) is 0 Å². The molecule has 1 rings (SSSR count). The van der Waals surface area contributed by atoms with E-state index in [1.807, 2.05) is 0 Å². The van der Waals surface area contributed by atoms with E-state index in [-0.39, 0.29) is 18.5 Å². The van der Waals surface area contributed by atoms with Crippen LogP contribution in [0.4, 0.5) is 0 Å². The van der Waals surface area contributed by atoms with Crippen LogP contribution in [0, 0.1) is 0 Å². The van der Waals surface area contributed by atoms with Crippen molar-refractivity contribution < 1.29 is 48.3 Å². The molecule has 9 atom stereocenters. The molecule has 28 heavy (non-hydrogen) atoms. The third-order valence-corrected chi connectivity index (χ3v) is 4.55. The Bertz CT molecular complexity index is 510. The van der Waals surface area contributed by atoms with Crippen LogP contribution < -0.4 is 5.32 Å². The van der Waals surface area contributed by atoms with Gasteiger partial charge in [-0.3, -0.25) is 9.59 Å². The average molecular weight is 425 g/mol. The molecule has 1 amide bonds. The van der Waals surface area contributed by atoms with Crippen molar-refractivity contribution in [3.8, 4) is 0 Å². The van der Waals surface area contributed by atoms with Gasteiger partial charge in [0.05, 0.1) is 18.8 Å². The third-order valence-electron chi connectivity index (χ3n) is 4.17. The summed E-state index contributed by atoms with van der Waals surface area (Å²) in [6, 6.07) is -0.743. The summed E-state index contributed by atoms with van der Waals surface area (Å²) < 4.78 is 26.5. The maximum Gasteiger partial charge on any atom is 0.295 e. The maximum atomic E-state index is 11.5. The number of rotatable bonds is 12. The van der Waals surface area contributed by atoms with Crippen LogP contribution in [-0.4, -0.2) is 97.9 Å². The van der Waals surface area contributed by atoms with E-state index in [0.717, 1.165) is 0 Å². The number of amides is 1. The zero-order valence-corrected chi connectivity index (χ0v) is 17.1. The summed E-state index contributed by atoms with van der Waals surface area (Å²) in [7, 11) is 3.60. The van der Waals surface area contributed by atoms with Gasteiger partial charge in [0, 0.05) is 20.2 Å². The minimum atomic E-state index is -1.38. The van der Waals surface area contributed by atoms with E-state index in [2.05, 4.69) is 14.6 Å². The zero-order chi connectivity index (χ0) is 21.3. The first-order chi connectivity index (χ1) is 13.3. The molecule has 1 aliphatic rings. The van der Waals surface area contributed by atoms with Gasteiger partial charge in [-0.1, -0.05) is 0 Å². The monoisotopic (exact) mass is 425 g/mol. The fourth-order valence-electron chi connectivity index (χ4n) is 2.82. The molecule has 0 bridgehead atoms. The van der Waals surface area contributed by atoms with Gasteiger partial charge in [-0.05, 0) is 6.92 Å². The number of aldehydes is 1. The van der Waals surface area contributed by atoms with Crippen LogP contribution in [0.15, 0.2) is 0 Å². The summed E-state index contributed by atoms with van der Waals surface area (Å²) in [5.41, 5.74) is 0. The van der Waals surface area contributed by atoms with Gasteiger partial charge in [-0.2, -0.15) is 0 Å². The van der Waals surface area contributed by atoms with Gasteiger partial charge >= 0.3 is 0 Å². The van der Waals surface area contributed by atoms with Crippen LogP contribution in [0.3, 0.4) is 0 Å². The number of hydrogen-bond donors (Lipinski definition) is 3. The lowest BCUT2D eigenvalue weighted by Gasteiger charge is -2.44. The van der Waals surface area contributed by atoms with Crippen LogP contribution in [0.1, 0.15) is 13.8 Å². The molecule has 0 aromatic heterocycles. The zero-order valence-electron chi connectivity index (χ0n) is 15.9. The lowest BCUT2D eigenvalue weighted by Crippen LogP contribution is -2.64. The number of ether oxygens (including phenoxy) is 5. The highest BCUT2D eigenvalue weighted by Gasteiger charge is 2.45. The van der Waals surface area contributed by atoms with Gasteiger partial charge < -0.3 is 44.0 Å². The largest absolute Gasteiger partial charge is 0.434 e. The molecule has 1 heterocycles. The molecule has 0 aliphatic carbocycles. The summed E-state index contributed by atoms with van der Waals surface area (Å²) >= 11 is 0. The first kappa shape index (κ1) is 24.8. The summed E-state index contributed by atoms with van der Waals surface area (Å²) in [6.45, 7) is 2.61. The number of aliphatic hydroxyl groups is 2. The van der Waals surface area contributed by atoms with Gasteiger partial charge in [0.25, 0.3) is 6.47 Å². The van der Waals surface area contributed by atoms with Gasteiger partial charge in [-0.15, -0.1) is 9.24 Å². The van der Waals surface area contributed by atoms with Crippen LogP contribution in [0.5, 0.6) is 0 Å². The number of carbonyl (C=O) groups is 3. The van der Waals surface area contributed by atoms with Crippen LogP contribution in [-0.2, 0) is 38.1 Å². The predicted molar refractivity (Wildman–Crippen MR) is 97.2 cm³/mol. The minimum absolute atomic E-state index is 0.104. The highest BCUT2D eigenvalue weighted by atomic mass is 31.0. The number of nitrogens with one attached hydrogen (secondary N) is 1. The number of carbonyl (C=O) groups excluding carboxylic acids is 3. The Kier molecular flexibility index (Phi) is 11.0. The third kappa shape index (κ3) is 6.70. The van der Waals surface area contributed by atoms with E-state index >= 15 is 0 Å². The smallest absolute Gasteiger partial charge is 0.295 e. The van der Waals surface area contributed by atoms with Crippen LogP contribution in [0.25, 0.3) is 0 Å². The van der Waals surface area contributed by atoms with E-state index in [1.54, 1.807) is 6.92 Å². The highest BCUT2D eigenvalue weighted by molar-refractivity contribution is 7.16. The Morgan fingerprint density at radius 1 is 1.39 bits per heavy atom. The molecule has 0 saturated carbocycles. The lowest BCUT2D eigenvalue weighted by atomic mass is 9.93. The second-order valence-electron chi connectivity index (χ2n) is 6.12. The molecule has 1 saturated heterocycles. The Balaban J connectivity index is 3.00. The van der Waals surface area contributed by atoms with Gasteiger partial charge in [0.2, 0.25) is 12.2 Å². The fourth-order valence-corrected chi connectivity index (χ4v) is 3.05. The molecule has 0 aromatic carbocycles. The van der Waals surface area contributed by atoms with E-state index in [1.165, 1.54) is 14.0 Å². The normalized spacial score (nSPS) is 30.7. The SMILES string of the molecule is COC(C=O)C(OC=O)O[C@H](CP)OC1[C@@H](O)C(CO)O[C@@H](C)[C@H]1NC(C)=O. The number of hydrogen-bond acceptors (Lipinski definition) is 10. The molecule has 3 N–H and O–H groups in total. The van der Waals surface area contributed by atoms with E-state index in [4.69, 9.17) is 23.7 Å². The molecular weight excluding hydrogens is 397 g/mol. The van der Waals surface area contributed by atoms with Gasteiger partial charge in [-0.25, -0.2) is 0 Å². The standard InChI is InChI=1S/C16H28NO10P/c1-8-13(17-9(2)21)15(14(22)10(4-18)25-8)26-12(6-28)27-16(24-7-20)11(5-19)23-3/h5,7-8,10-16,18,22H,4,6,28H2,1-3H3,(H,17,21)/t8-,10?,11?,12+,13+,14-,15?,16?/m0/s1.